The zero-order valence-electron chi connectivity index (χ0n) is 41.9. The van der Waals surface area contributed by atoms with Crippen molar-refractivity contribution in [1.82, 2.24) is 19.8 Å². The van der Waals surface area contributed by atoms with Gasteiger partial charge in [-0.1, -0.05) is 59.6 Å². The van der Waals surface area contributed by atoms with Crippen molar-refractivity contribution in [3.63, 3.8) is 0 Å². The van der Waals surface area contributed by atoms with Gasteiger partial charge in [-0.2, -0.15) is 0 Å². The Labute approximate surface area is 440 Å². The van der Waals surface area contributed by atoms with E-state index in [-0.39, 0.29) is 65.6 Å². The van der Waals surface area contributed by atoms with Crippen molar-refractivity contribution >= 4 is 47.1 Å². The van der Waals surface area contributed by atoms with E-state index in [0.29, 0.717) is 50.7 Å². The Kier molecular flexibility index (Phi) is 19.1. The number of halogens is 2. The molecule has 0 unspecified atom stereocenters. The Bertz CT molecular complexity index is 3020. The van der Waals surface area contributed by atoms with Gasteiger partial charge < -0.3 is 39.4 Å². The maximum Gasteiger partial charge on any atom is 0.321 e. The Morgan fingerprint density at radius 3 is 1.55 bits per heavy atom. The highest BCUT2D eigenvalue weighted by atomic mass is 35.5. The molecule has 0 spiro atoms. The maximum absolute atomic E-state index is 12.1. The zero-order valence-corrected chi connectivity index (χ0v) is 43.4. The van der Waals surface area contributed by atoms with Crippen molar-refractivity contribution in [2.24, 2.45) is 9.98 Å². The number of rotatable bonds is 27. The Morgan fingerprint density at radius 1 is 0.649 bits per heavy atom. The van der Waals surface area contributed by atoms with Gasteiger partial charge in [0.2, 0.25) is 0 Å². The standard InChI is InChI=1S/C56H60Cl2N6O10/c1-34-39(32-73-53-20-51(71-30-37-16-36(22-59-3)23-60-24-37)42(18-46(53)57)28-63(4)49(12-14-65)55(67)68)8-6-10-44(34)45-11-7-9-40(35(45)2)33-74-54-21-52(72-31-38-17-41(26-61-25-38)48-27-62-48)43(19-47(54)58)29-64(5)50(13-15-66)56(69)70/h6-11,16-26,49-50,65-66H,12-15,27-33H2,1-5H3,(H,67,68)(H,69,70)/b59-22+/t49-,50-/m0/s1. The molecule has 74 heavy (non-hydrogen) atoms. The lowest BCUT2D eigenvalue weighted by atomic mass is 9.92. The number of aliphatic hydroxyl groups excluding tert-OH is 2. The SMILES string of the molecule is C/N=C/c1cncc(COc2cc(OCc3cccc(-c4cccc(COc5cc(OCc6cncc(C7=NC7)c6)c(CN(C)[C@@H](CCO)C(=O)O)cc5Cl)c4C)c3C)c(Cl)cc2CN(C)[C@@H](CCO)C(=O)O)c1. The number of likely N-dealkylation sites (N-methyl/N-ethyl adjacent to an activating group) is 2. The van der Waals surface area contributed by atoms with Crippen molar-refractivity contribution < 1.29 is 49.0 Å². The number of carbonyl (C=O) groups is 2. The van der Waals surface area contributed by atoms with Crippen LogP contribution in [0.15, 0.2) is 108 Å². The summed E-state index contributed by atoms with van der Waals surface area (Å²) in [4.78, 5) is 44.5. The number of hydrogen-bond acceptors (Lipinski definition) is 14. The number of aliphatic hydroxyl groups is 2. The summed E-state index contributed by atoms with van der Waals surface area (Å²) in [5, 5.41) is 39.6. The average Bonchev–Trinajstić information content (AvgIpc) is 4.23. The average molecular weight is 1050 g/mol. The van der Waals surface area contributed by atoms with Crippen LogP contribution in [0, 0.1) is 13.8 Å². The molecule has 16 nitrogen and oxygen atoms in total. The predicted molar refractivity (Wildman–Crippen MR) is 284 cm³/mol. The van der Waals surface area contributed by atoms with Crippen molar-refractivity contribution in [2.45, 2.75) is 78.3 Å². The van der Waals surface area contributed by atoms with Gasteiger partial charge in [-0.3, -0.25) is 39.3 Å². The third kappa shape index (κ3) is 14.2. The molecule has 4 N–H and O–H groups in total. The van der Waals surface area contributed by atoms with E-state index in [2.05, 4.69) is 32.1 Å². The van der Waals surface area contributed by atoms with E-state index >= 15 is 0 Å². The van der Waals surface area contributed by atoms with Gasteiger partial charge in [0.1, 0.15) is 61.5 Å². The number of aliphatic imine (C=N–C) groups is 2. The third-order valence-electron chi connectivity index (χ3n) is 12.8. The van der Waals surface area contributed by atoms with Crippen LogP contribution in [0.3, 0.4) is 0 Å². The van der Waals surface area contributed by atoms with Gasteiger partial charge in [-0.15, -0.1) is 0 Å². The molecule has 18 heteroatoms. The van der Waals surface area contributed by atoms with Gasteiger partial charge in [0, 0.05) is 110 Å². The molecule has 0 aliphatic carbocycles. The molecule has 0 saturated heterocycles. The quantitative estimate of drug-likeness (QED) is 0.0356. The van der Waals surface area contributed by atoms with Crippen LogP contribution >= 0.6 is 23.2 Å². The number of aliphatic carboxylic acids is 2. The molecule has 388 valence electrons. The summed E-state index contributed by atoms with van der Waals surface area (Å²) >= 11 is 13.8. The molecule has 7 rings (SSSR count). The van der Waals surface area contributed by atoms with E-state index in [1.54, 1.807) is 86.2 Å². The first-order valence-corrected chi connectivity index (χ1v) is 24.7. The number of ether oxygens (including phenoxy) is 4. The number of nitrogens with zero attached hydrogens (tertiary/aromatic N) is 6. The first kappa shape index (κ1) is 54.8. The number of pyridine rings is 2. The molecule has 0 radical (unpaired) electrons. The molecular weight excluding hydrogens is 988 g/mol. The smallest absolute Gasteiger partial charge is 0.321 e. The molecule has 0 fully saturated rings. The lowest BCUT2D eigenvalue weighted by molar-refractivity contribution is -0.144. The molecule has 6 aromatic rings. The molecule has 1 aliphatic heterocycles. The van der Waals surface area contributed by atoms with Crippen molar-refractivity contribution in [1.29, 1.82) is 0 Å². The second-order valence-corrected chi connectivity index (χ2v) is 18.9. The fourth-order valence-electron chi connectivity index (χ4n) is 8.61. The maximum atomic E-state index is 12.1. The summed E-state index contributed by atoms with van der Waals surface area (Å²) in [6.07, 6.45) is 8.68. The van der Waals surface area contributed by atoms with E-state index in [9.17, 15) is 30.0 Å². The predicted octanol–water partition coefficient (Wildman–Crippen LogP) is 8.77. The monoisotopic (exact) mass is 1050 g/mol. The lowest BCUT2D eigenvalue weighted by Crippen LogP contribution is -2.38. The highest BCUT2D eigenvalue weighted by Gasteiger charge is 2.26. The minimum Gasteiger partial charge on any atom is -0.488 e. The van der Waals surface area contributed by atoms with Crippen LogP contribution in [0.2, 0.25) is 10.0 Å². The van der Waals surface area contributed by atoms with Crippen molar-refractivity contribution in [3.8, 4) is 34.1 Å². The number of aromatic nitrogens is 2. The second kappa shape index (κ2) is 25.8. The minimum atomic E-state index is -1.05. The largest absolute Gasteiger partial charge is 0.488 e. The summed E-state index contributed by atoms with van der Waals surface area (Å²) in [6.45, 7) is 5.21. The van der Waals surface area contributed by atoms with E-state index in [1.807, 2.05) is 50.2 Å². The molecule has 2 aromatic heterocycles. The fourth-order valence-corrected chi connectivity index (χ4v) is 9.09. The van der Waals surface area contributed by atoms with Crippen LogP contribution in [0.4, 0.5) is 0 Å². The van der Waals surface area contributed by atoms with Crippen molar-refractivity contribution in [3.05, 3.63) is 163 Å². The Hall–Kier alpha value is -6.92. The molecule has 2 atom stereocenters. The molecule has 0 bridgehead atoms. The highest BCUT2D eigenvalue weighted by Crippen LogP contribution is 2.38. The normalized spacial score (nSPS) is 13.0. The molecule has 3 heterocycles. The second-order valence-electron chi connectivity index (χ2n) is 18.0. The topological polar surface area (TPSA) is 209 Å². The molecule has 0 saturated carbocycles. The number of benzene rings is 4. The summed E-state index contributed by atoms with van der Waals surface area (Å²) in [6, 6.07) is 21.0. The lowest BCUT2D eigenvalue weighted by Gasteiger charge is -2.25. The molecular formula is C56H60Cl2N6O10. The Balaban J connectivity index is 1.10. The van der Waals surface area contributed by atoms with Crippen LogP contribution in [0.25, 0.3) is 11.1 Å². The van der Waals surface area contributed by atoms with Crippen LogP contribution in [-0.4, -0.2) is 117 Å². The Morgan fingerprint density at radius 2 is 1.11 bits per heavy atom. The van der Waals surface area contributed by atoms with Crippen LogP contribution in [0.1, 0.15) is 68.5 Å². The van der Waals surface area contributed by atoms with E-state index in [0.717, 1.165) is 61.3 Å². The molecule has 4 aromatic carbocycles. The molecule has 0 amide bonds. The van der Waals surface area contributed by atoms with Gasteiger partial charge in [0.05, 0.1) is 22.3 Å². The van der Waals surface area contributed by atoms with E-state index in [1.165, 1.54) is 0 Å². The van der Waals surface area contributed by atoms with Gasteiger partial charge in [-0.25, -0.2) is 0 Å². The van der Waals surface area contributed by atoms with Gasteiger partial charge >= 0.3 is 11.9 Å². The van der Waals surface area contributed by atoms with Crippen LogP contribution in [-0.2, 0) is 49.1 Å². The van der Waals surface area contributed by atoms with Gasteiger partial charge in [-0.05, 0) is 98.4 Å². The van der Waals surface area contributed by atoms with Crippen LogP contribution in [0.5, 0.6) is 23.0 Å². The van der Waals surface area contributed by atoms with Gasteiger partial charge in [0.15, 0.2) is 0 Å². The molecule has 1 aliphatic rings. The third-order valence-corrected chi connectivity index (χ3v) is 13.4. The first-order valence-electron chi connectivity index (χ1n) is 23.9. The van der Waals surface area contributed by atoms with Gasteiger partial charge in [0.25, 0.3) is 0 Å². The highest BCUT2D eigenvalue weighted by molar-refractivity contribution is 6.32. The summed E-state index contributed by atoms with van der Waals surface area (Å²) in [7, 11) is 5.03. The van der Waals surface area contributed by atoms with E-state index < -0.39 is 24.0 Å². The first-order chi connectivity index (χ1) is 35.7. The summed E-state index contributed by atoms with van der Waals surface area (Å²) in [5.41, 5.74) is 11.4. The summed E-state index contributed by atoms with van der Waals surface area (Å²) < 4.78 is 25.6. The minimum absolute atomic E-state index is 0.0454. The summed E-state index contributed by atoms with van der Waals surface area (Å²) in [5.74, 6) is -0.452. The number of carboxylic acids is 2. The van der Waals surface area contributed by atoms with Crippen LogP contribution < -0.4 is 18.9 Å². The van der Waals surface area contributed by atoms with E-state index in [4.69, 9.17) is 42.1 Å². The fraction of sp³-hybridized carbons (Fsp3) is 0.321. The number of hydrogen-bond donors (Lipinski definition) is 4. The van der Waals surface area contributed by atoms with Crippen molar-refractivity contribution in [2.75, 3.05) is 40.9 Å². The number of carboxylic acid groups (broad SMARTS) is 2. The zero-order chi connectivity index (χ0) is 52.9.